The highest BCUT2D eigenvalue weighted by Gasteiger charge is 2.42. The Hall–Kier alpha value is -1.13. The van der Waals surface area contributed by atoms with Crippen molar-refractivity contribution in [3.05, 3.63) is 38.9 Å². The van der Waals surface area contributed by atoms with E-state index in [2.05, 4.69) is 0 Å². The van der Waals surface area contributed by atoms with Crippen LogP contribution in [0.25, 0.3) is 0 Å². The average molecular weight is 227 g/mol. The lowest BCUT2D eigenvalue weighted by Gasteiger charge is -2.03. The first kappa shape index (κ1) is 10.4. The average Bonchev–Trinajstić information content (AvgIpc) is 2.96. The van der Waals surface area contributed by atoms with E-state index in [0.29, 0.717) is 23.0 Å². The molecule has 0 bridgehead atoms. The van der Waals surface area contributed by atoms with Gasteiger partial charge in [0.1, 0.15) is 0 Å². The second-order valence-electron chi connectivity index (χ2n) is 3.77. The van der Waals surface area contributed by atoms with Crippen molar-refractivity contribution < 1.29 is 4.92 Å². The molecule has 0 aromatic heterocycles. The topological polar surface area (TPSA) is 69.2 Å². The third-order valence-electron chi connectivity index (χ3n) is 2.82. The van der Waals surface area contributed by atoms with Gasteiger partial charge in [0.25, 0.3) is 5.69 Å². The minimum Gasteiger partial charge on any atom is -0.330 e. The van der Waals surface area contributed by atoms with Gasteiger partial charge in [0, 0.05) is 6.07 Å². The quantitative estimate of drug-likeness (QED) is 0.635. The summed E-state index contributed by atoms with van der Waals surface area (Å²) in [5.74, 6) is 0.521. The summed E-state index contributed by atoms with van der Waals surface area (Å²) >= 11 is 5.99. The Morgan fingerprint density at radius 3 is 2.87 bits per heavy atom. The molecule has 0 radical (unpaired) electrons. The zero-order valence-corrected chi connectivity index (χ0v) is 8.78. The third-order valence-corrected chi connectivity index (χ3v) is 3.15. The van der Waals surface area contributed by atoms with E-state index < -0.39 is 0 Å². The fourth-order valence-corrected chi connectivity index (χ4v) is 2.22. The van der Waals surface area contributed by atoms with Crippen LogP contribution in [0.5, 0.6) is 0 Å². The summed E-state index contributed by atoms with van der Waals surface area (Å²) in [4.78, 5) is 10.4. The summed E-state index contributed by atoms with van der Waals surface area (Å²) in [6.07, 6.45) is 0.904. The Kier molecular flexibility index (Phi) is 2.63. The number of nitro benzene ring substituents is 1. The molecule has 2 atom stereocenters. The highest BCUT2D eigenvalue weighted by Crippen LogP contribution is 2.51. The van der Waals surface area contributed by atoms with Crippen LogP contribution in [0.2, 0.25) is 5.02 Å². The van der Waals surface area contributed by atoms with E-state index in [-0.39, 0.29) is 16.5 Å². The van der Waals surface area contributed by atoms with E-state index in [9.17, 15) is 10.1 Å². The highest BCUT2D eigenvalue weighted by molar-refractivity contribution is 6.31. The van der Waals surface area contributed by atoms with Crippen molar-refractivity contribution in [2.75, 3.05) is 6.54 Å². The van der Waals surface area contributed by atoms with Crippen molar-refractivity contribution in [3.8, 4) is 0 Å². The van der Waals surface area contributed by atoms with Crippen molar-refractivity contribution in [3.63, 3.8) is 0 Å². The fourth-order valence-electron chi connectivity index (χ4n) is 1.91. The highest BCUT2D eigenvalue weighted by atomic mass is 35.5. The molecule has 15 heavy (non-hydrogen) atoms. The van der Waals surface area contributed by atoms with Gasteiger partial charge in [-0.15, -0.1) is 0 Å². The number of nitrogens with two attached hydrogens (primary N) is 1. The van der Waals surface area contributed by atoms with Crippen LogP contribution >= 0.6 is 11.6 Å². The van der Waals surface area contributed by atoms with Crippen molar-refractivity contribution in [1.29, 1.82) is 0 Å². The predicted molar refractivity (Wildman–Crippen MR) is 58.0 cm³/mol. The summed E-state index contributed by atoms with van der Waals surface area (Å²) < 4.78 is 0. The third kappa shape index (κ3) is 1.82. The molecule has 0 spiro atoms. The van der Waals surface area contributed by atoms with Crippen molar-refractivity contribution in [2.24, 2.45) is 11.7 Å². The largest absolute Gasteiger partial charge is 0.330 e. The molecule has 0 amide bonds. The molecule has 1 aromatic carbocycles. The second-order valence-corrected chi connectivity index (χ2v) is 4.17. The van der Waals surface area contributed by atoms with E-state index in [4.69, 9.17) is 17.3 Å². The molecule has 1 fully saturated rings. The number of halogens is 1. The summed E-state index contributed by atoms with van der Waals surface area (Å²) in [6.45, 7) is 0.563. The molecule has 1 aromatic rings. The summed E-state index contributed by atoms with van der Waals surface area (Å²) in [7, 11) is 0. The minimum atomic E-state index is -0.382. The number of hydrogen-bond donors (Lipinski definition) is 1. The molecule has 80 valence electrons. The van der Waals surface area contributed by atoms with Gasteiger partial charge < -0.3 is 5.73 Å². The van der Waals surface area contributed by atoms with Gasteiger partial charge in [-0.2, -0.15) is 0 Å². The lowest BCUT2D eigenvalue weighted by Crippen LogP contribution is -2.03. The molecule has 0 heterocycles. The summed E-state index contributed by atoms with van der Waals surface area (Å²) in [5.41, 5.74) is 6.29. The Bertz CT molecular complexity index is 408. The smallest absolute Gasteiger partial charge is 0.274 e. The van der Waals surface area contributed by atoms with Gasteiger partial charge in [-0.05, 0) is 30.9 Å². The molecule has 1 saturated carbocycles. The minimum absolute atomic E-state index is 0.114. The molecule has 0 unspecified atom stereocenters. The first-order chi connectivity index (χ1) is 7.15. The fraction of sp³-hybridized carbons (Fsp3) is 0.400. The van der Waals surface area contributed by atoms with Crippen LogP contribution in [-0.4, -0.2) is 11.5 Å². The Morgan fingerprint density at radius 2 is 2.33 bits per heavy atom. The first-order valence-electron chi connectivity index (χ1n) is 4.78. The maximum atomic E-state index is 10.8. The molecule has 0 aliphatic heterocycles. The normalized spacial score (nSPS) is 23.9. The molecular formula is C10H11ClN2O2. The van der Waals surface area contributed by atoms with Crippen LogP contribution < -0.4 is 5.73 Å². The van der Waals surface area contributed by atoms with Crippen LogP contribution in [0.1, 0.15) is 17.9 Å². The van der Waals surface area contributed by atoms with Crippen molar-refractivity contribution in [2.45, 2.75) is 12.3 Å². The van der Waals surface area contributed by atoms with E-state index in [1.807, 2.05) is 0 Å². The van der Waals surface area contributed by atoms with Gasteiger partial charge in [-0.1, -0.05) is 17.7 Å². The molecule has 5 heteroatoms. The zero-order chi connectivity index (χ0) is 11.0. The lowest BCUT2D eigenvalue weighted by molar-refractivity contribution is -0.385. The molecule has 2 rings (SSSR count). The Balaban J connectivity index is 2.40. The standard InChI is InChI=1S/C10H11ClN2O2/c11-8-2-1-3-9(13(14)15)10(8)7-4-6(7)5-12/h1-3,6-7H,4-5,12H2/t6-,7+/m0/s1. The molecular weight excluding hydrogens is 216 g/mol. The maximum absolute atomic E-state index is 10.8. The number of hydrogen-bond acceptors (Lipinski definition) is 3. The van der Waals surface area contributed by atoms with E-state index in [0.717, 1.165) is 6.42 Å². The number of nitro groups is 1. The Morgan fingerprint density at radius 1 is 1.60 bits per heavy atom. The van der Waals surface area contributed by atoms with Crippen molar-refractivity contribution >= 4 is 17.3 Å². The van der Waals surface area contributed by atoms with Gasteiger partial charge in [-0.25, -0.2) is 0 Å². The van der Waals surface area contributed by atoms with Crippen LogP contribution in [0, 0.1) is 16.0 Å². The molecule has 2 N–H and O–H groups in total. The lowest BCUT2D eigenvalue weighted by atomic mass is 10.1. The number of nitrogens with zero attached hydrogens (tertiary/aromatic N) is 1. The molecule has 1 aliphatic rings. The number of benzene rings is 1. The van der Waals surface area contributed by atoms with Crippen LogP contribution in [0.15, 0.2) is 18.2 Å². The van der Waals surface area contributed by atoms with E-state index in [1.165, 1.54) is 6.07 Å². The van der Waals surface area contributed by atoms with E-state index >= 15 is 0 Å². The van der Waals surface area contributed by atoms with Gasteiger partial charge >= 0.3 is 0 Å². The summed E-state index contributed by atoms with van der Waals surface area (Å²) in [5, 5.41) is 11.3. The predicted octanol–water partition coefficient (Wildman–Crippen LogP) is 2.31. The maximum Gasteiger partial charge on any atom is 0.274 e. The molecule has 0 saturated heterocycles. The Labute approximate surface area is 92.2 Å². The zero-order valence-electron chi connectivity index (χ0n) is 8.02. The van der Waals surface area contributed by atoms with Gasteiger partial charge in [0.15, 0.2) is 0 Å². The van der Waals surface area contributed by atoms with Gasteiger partial charge in [-0.3, -0.25) is 10.1 Å². The second kappa shape index (κ2) is 3.79. The molecule has 1 aliphatic carbocycles. The van der Waals surface area contributed by atoms with Gasteiger partial charge in [0.2, 0.25) is 0 Å². The first-order valence-corrected chi connectivity index (χ1v) is 5.15. The van der Waals surface area contributed by atoms with Crippen LogP contribution in [0.4, 0.5) is 5.69 Å². The summed E-state index contributed by atoms with van der Waals surface area (Å²) in [6, 6.07) is 4.78. The van der Waals surface area contributed by atoms with Crippen LogP contribution in [0.3, 0.4) is 0 Å². The number of rotatable bonds is 3. The van der Waals surface area contributed by atoms with Crippen LogP contribution in [-0.2, 0) is 0 Å². The van der Waals surface area contributed by atoms with Crippen molar-refractivity contribution in [1.82, 2.24) is 0 Å². The van der Waals surface area contributed by atoms with E-state index in [1.54, 1.807) is 12.1 Å². The SMILES string of the molecule is NC[C@@H]1C[C@H]1c1c(Cl)cccc1[N+](=O)[O-]. The van der Waals surface area contributed by atoms with Gasteiger partial charge in [0.05, 0.1) is 15.5 Å². The molecule has 4 nitrogen and oxygen atoms in total. The monoisotopic (exact) mass is 226 g/mol.